The first kappa shape index (κ1) is 25.9. The summed E-state index contributed by atoms with van der Waals surface area (Å²) in [5.41, 5.74) is 3.78. The maximum atomic E-state index is 15.2. The minimum absolute atomic E-state index is 0.0327. The summed E-state index contributed by atoms with van der Waals surface area (Å²) in [6, 6.07) is 21.9. The highest BCUT2D eigenvalue weighted by molar-refractivity contribution is 7.21. The molecule has 1 aliphatic carbocycles. The van der Waals surface area contributed by atoms with Crippen LogP contribution < -0.4 is 5.32 Å². The monoisotopic (exact) mass is 534 g/mol. The Bertz CT molecular complexity index is 1390. The second-order valence-electron chi connectivity index (χ2n) is 9.83. The molecular weight excluding hydrogens is 503 g/mol. The first-order valence-corrected chi connectivity index (χ1v) is 14.2. The lowest BCUT2D eigenvalue weighted by molar-refractivity contribution is 0.0604. The minimum atomic E-state index is -0.293. The number of carbonyl (C=O) groups is 1. The first-order chi connectivity index (χ1) is 18.0. The van der Waals surface area contributed by atoms with Crippen molar-refractivity contribution in [2.45, 2.75) is 57.7 Å². The summed E-state index contributed by atoms with van der Waals surface area (Å²) in [6.07, 6.45) is 4.69. The highest BCUT2D eigenvalue weighted by atomic mass is 35.5. The van der Waals surface area contributed by atoms with Gasteiger partial charge in [0.1, 0.15) is 10.7 Å². The van der Waals surface area contributed by atoms with Gasteiger partial charge < -0.3 is 10.2 Å². The van der Waals surface area contributed by atoms with E-state index in [0.717, 1.165) is 53.3 Å². The van der Waals surface area contributed by atoms with Crippen molar-refractivity contribution in [1.82, 2.24) is 10.2 Å². The lowest BCUT2D eigenvalue weighted by atomic mass is 9.89. The fraction of sp³-hybridized carbons (Fsp3) is 0.323. The van der Waals surface area contributed by atoms with Crippen LogP contribution in [0.15, 0.2) is 66.7 Å². The number of amides is 1. The van der Waals surface area contributed by atoms with E-state index in [1.165, 1.54) is 23.0 Å². The number of halogens is 2. The number of aryl methyl sites for hydroxylation is 1. The van der Waals surface area contributed by atoms with Crippen LogP contribution in [0.2, 0.25) is 5.02 Å². The summed E-state index contributed by atoms with van der Waals surface area (Å²) < 4.78 is 16.2. The average Bonchev–Trinajstić information content (AvgIpc) is 3.29. The molecule has 0 spiro atoms. The van der Waals surface area contributed by atoms with Crippen LogP contribution in [0, 0.1) is 5.82 Å². The molecule has 1 N–H and O–H groups in total. The molecule has 1 fully saturated rings. The van der Waals surface area contributed by atoms with Crippen LogP contribution in [0.1, 0.15) is 53.4 Å². The summed E-state index contributed by atoms with van der Waals surface area (Å²) in [5, 5.41) is 4.74. The molecule has 5 rings (SSSR count). The van der Waals surface area contributed by atoms with Crippen molar-refractivity contribution in [3.8, 4) is 11.1 Å². The number of hydrogen-bond acceptors (Lipinski definition) is 3. The smallest absolute Gasteiger partial charge is 0.266 e. The molecular formula is C31H32ClFN2OS. The second-order valence-corrected chi connectivity index (χ2v) is 11.3. The Morgan fingerprint density at radius 3 is 2.41 bits per heavy atom. The quantitative estimate of drug-likeness (QED) is 0.260. The van der Waals surface area contributed by atoms with Gasteiger partial charge in [0.05, 0.1) is 5.02 Å². The summed E-state index contributed by atoms with van der Waals surface area (Å²) in [7, 11) is 1.98. The third-order valence-corrected chi connectivity index (χ3v) is 9.28. The topological polar surface area (TPSA) is 32.3 Å². The van der Waals surface area contributed by atoms with Gasteiger partial charge in [-0.3, -0.25) is 4.79 Å². The molecule has 1 aliphatic rings. The van der Waals surface area contributed by atoms with Gasteiger partial charge in [-0.2, -0.15) is 0 Å². The van der Waals surface area contributed by atoms with Crippen LogP contribution in [0.4, 0.5) is 4.39 Å². The Morgan fingerprint density at radius 1 is 1.03 bits per heavy atom. The van der Waals surface area contributed by atoms with E-state index >= 15 is 4.39 Å². The Hall–Kier alpha value is -2.73. The third-order valence-electron chi connectivity index (χ3n) is 7.62. The molecule has 4 aromatic rings. The molecule has 1 saturated carbocycles. The second kappa shape index (κ2) is 11.3. The molecule has 192 valence electrons. The largest absolute Gasteiger partial charge is 0.330 e. The van der Waals surface area contributed by atoms with Gasteiger partial charge in [-0.1, -0.05) is 67.1 Å². The van der Waals surface area contributed by atoms with Gasteiger partial charge in [0.2, 0.25) is 0 Å². The maximum Gasteiger partial charge on any atom is 0.266 e. The molecule has 3 aromatic carbocycles. The van der Waals surface area contributed by atoms with Gasteiger partial charge in [-0.25, -0.2) is 4.39 Å². The molecule has 6 heteroatoms. The van der Waals surface area contributed by atoms with Crippen LogP contribution >= 0.6 is 22.9 Å². The lowest BCUT2D eigenvalue weighted by Crippen LogP contribution is -2.44. The van der Waals surface area contributed by atoms with Gasteiger partial charge >= 0.3 is 0 Å². The predicted octanol–water partition coefficient (Wildman–Crippen LogP) is 8.10. The number of nitrogens with zero attached hydrogens (tertiary/aromatic N) is 1. The van der Waals surface area contributed by atoms with Gasteiger partial charge in [0.15, 0.2) is 0 Å². The Labute approximate surface area is 227 Å². The molecule has 0 radical (unpaired) electrons. The Morgan fingerprint density at radius 2 is 1.73 bits per heavy atom. The summed E-state index contributed by atoms with van der Waals surface area (Å²) >= 11 is 8.14. The molecule has 0 bridgehead atoms. The van der Waals surface area contributed by atoms with Crippen LogP contribution in [0.5, 0.6) is 0 Å². The Balaban J connectivity index is 1.49. The molecule has 0 aliphatic heterocycles. The van der Waals surface area contributed by atoms with Crippen molar-refractivity contribution in [2.24, 2.45) is 0 Å². The molecule has 37 heavy (non-hydrogen) atoms. The van der Waals surface area contributed by atoms with Crippen molar-refractivity contribution in [1.29, 1.82) is 0 Å². The highest BCUT2D eigenvalue weighted by Gasteiger charge is 2.32. The van der Waals surface area contributed by atoms with Gasteiger partial charge in [-0.05, 0) is 74.0 Å². The van der Waals surface area contributed by atoms with E-state index < -0.39 is 0 Å². The number of rotatable bonds is 7. The van der Waals surface area contributed by atoms with E-state index in [4.69, 9.17) is 11.6 Å². The number of fused-ring (bicyclic) bond motifs is 1. The number of hydrogen-bond donors (Lipinski definition) is 1. The number of benzene rings is 3. The van der Waals surface area contributed by atoms with Crippen LogP contribution in [-0.2, 0) is 13.0 Å². The van der Waals surface area contributed by atoms with Crippen molar-refractivity contribution in [3.05, 3.63) is 93.6 Å². The third kappa shape index (κ3) is 5.45. The van der Waals surface area contributed by atoms with Crippen molar-refractivity contribution >= 4 is 38.9 Å². The van der Waals surface area contributed by atoms with Crippen LogP contribution in [-0.4, -0.2) is 29.9 Å². The van der Waals surface area contributed by atoms with E-state index in [-0.39, 0.29) is 24.3 Å². The summed E-state index contributed by atoms with van der Waals surface area (Å²) in [5.74, 6) is -0.408. The average molecular weight is 535 g/mol. The zero-order chi connectivity index (χ0) is 25.9. The van der Waals surface area contributed by atoms with Gasteiger partial charge in [0, 0.05) is 34.3 Å². The molecule has 0 unspecified atom stereocenters. The normalized spacial score (nSPS) is 17.7. The SMILES string of the molecule is CCc1ccc(-c2ccc(F)c(CN(C(=O)c3sc4ccccc4c3Cl)C3CCC(NC)CC3)c2)cc1. The standard InChI is InChI=1S/C31H32ClFN2OS/c1-3-20-8-10-21(11-9-20)22-12-17-27(33)23(18-22)19-35(25-15-13-24(34-2)14-16-25)31(36)30-29(32)26-6-4-5-7-28(26)37-30/h4-12,17-18,24-25,34H,3,13-16,19H2,1-2H3. The number of carbonyl (C=O) groups excluding carboxylic acids is 1. The van der Waals surface area contributed by atoms with Crippen molar-refractivity contribution in [3.63, 3.8) is 0 Å². The number of thiophene rings is 1. The molecule has 0 saturated heterocycles. The predicted molar refractivity (Wildman–Crippen MR) is 153 cm³/mol. The molecule has 1 heterocycles. The summed E-state index contributed by atoms with van der Waals surface area (Å²) in [4.78, 5) is 16.4. The zero-order valence-electron chi connectivity index (χ0n) is 21.3. The van der Waals surface area contributed by atoms with E-state index in [1.807, 2.05) is 48.3 Å². The zero-order valence-corrected chi connectivity index (χ0v) is 22.8. The van der Waals surface area contributed by atoms with Crippen LogP contribution in [0.3, 0.4) is 0 Å². The first-order valence-electron chi connectivity index (χ1n) is 13.0. The fourth-order valence-corrected chi connectivity index (χ4v) is 6.78. The minimum Gasteiger partial charge on any atom is -0.330 e. The van der Waals surface area contributed by atoms with Crippen molar-refractivity contribution < 1.29 is 9.18 Å². The van der Waals surface area contributed by atoms with E-state index in [1.54, 1.807) is 0 Å². The number of nitrogens with one attached hydrogen (secondary N) is 1. The van der Waals surface area contributed by atoms with Gasteiger partial charge in [0.25, 0.3) is 5.91 Å². The molecule has 3 nitrogen and oxygen atoms in total. The van der Waals surface area contributed by atoms with E-state index in [9.17, 15) is 4.79 Å². The molecule has 1 aromatic heterocycles. The van der Waals surface area contributed by atoms with Gasteiger partial charge in [-0.15, -0.1) is 11.3 Å². The molecule has 1 amide bonds. The maximum absolute atomic E-state index is 15.2. The van der Waals surface area contributed by atoms with E-state index in [0.29, 0.717) is 21.5 Å². The fourth-order valence-electron chi connectivity index (χ4n) is 5.32. The van der Waals surface area contributed by atoms with Crippen molar-refractivity contribution in [2.75, 3.05) is 7.05 Å². The lowest BCUT2D eigenvalue weighted by Gasteiger charge is -2.37. The molecule has 0 atom stereocenters. The Kier molecular flexibility index (Phi) is 7.94. The highest BCUT2D eigenvalue weighted by Crippen LogP contribution is 2.38. The summed E-state index contributed by atoms with van der Waals surface area (Å²) in [6.45, 7) is 2.34. The van der Waals surface area contributed by atoms with E-state index in [2.05, 4.69) is 36.5 Å². The van der Waals surface area contributed by atoms with Crippen LogP contribution in [0.25, 0.3) is 21.2 Å².